The van der Waals surface area contributed by atoms with Crippen LogP contribution in [0.5, 0.6) is 0 Å². The van der Waals surface area contributed by atoms with Gasteiger partial charge in [-0.2, -0.15) is 0 Å². The summed E-state index contributed by atoms with van der Waals surface area (Å²) in [6.07, 6.45) is -0.705. The third kappa shape index (κ3) is 4.98. The molecule has 17 heavy (non-hydrogen) atoms. The fraction of sp³-hybridized carbons (Fsp3) is 0.273. The normalized spacial score (nSPS) is 9.53. The average Bonchev–Trinajstić information content (AvgIpc) is 2.34. The number of ether oxygens (including phenoxy) is 1. The zero-order chi connectivity index (χ0) is 12.7. The third-order valence-corrected chi connectivity index (χ3v) is 1.96. The molecule has 6 heteroatoms. The average molecular weight is 238 g/mol. The Balaban J connectivity index is 2.24. The molecule has 6 nitrogen and oxygen atoms in total. The van der Waals surface area contributed by atoms with E-state index in [1.165, 1.54) is 7.05 Å². The molecular formula is C11H14N2O4. The van der Waals surface area contributed by atoms with Crippen LogP contribution >= 0.6 is 0 Å². The number of hydrogen-bond donors (Lipinski definition) is 2. The SMILES string of the molecule is CN(O)C(=O)CNC(=O)OCc1ccccc1. The first kappa shape index (κ1) is 13.0. The highest BCUT2D eigenvalue weighted by molar-refractivity contribution is 5.81. The summed E-state index contributed by atoms with van der Waals surface area (Å²) in [4.78, 5) is 22.1. The van der Waals surface area contributed by atoms with Crippen molar-refractivity contribution in [2.75, 3.05) is 13.6 Å². The van der Waals surface area contributed by atoms with Crippen molar-refractivity contribution in [2.45, 2.75) is 6.61 Å². The van der Waals surface area contributed by atoms with Gasteiger partial charge in [-0.3, -0.25) is 10.0 Å². The Kier molecular flexibility index (Phi) is 4.96. The molecule has 1 aromatic rings. The first-order valence-electron chi connectivity index (χ1n) is 4.99. The third-order valence-electron chi connectivity index (χ3n) is 1.96. The maximum absolute atomic E-state index is 11.2. The Morgan fingerprint density at radius 1 is 1.35 bits per heavy atom. The number of amides is 2. The molecule has 0 radical (unpaired) electrons. The highest BCUT2D eigenvalue weighted by Gasteiger charge is 2.08. The van der Waals surface area contributed by atoms with Crippen LogP contribution in [0.3, 0.4) is 0 Å². The van der Waals surface area contributed by atoms with E-state index in [0.717, 1.165) is 5.56 Å². The molecule has 92 valence electrons. The summed E-state index contributed by atoms with van der Waals surface area (Å²) in [7, 11) is 1.18. The lowest BCUT2D eigenvalue weighted by Crippen LogP contribution is -2.36. The number of benzene rings is 1. The number of likely N-dealkylation sites (N-methyl/N-ethyl adjacent to an activating group) is 1. The van der Waals surface area contributed by atoms with E-state index in [1.54, 1.807) is 0 Å². The van der Waals surface area contributed by atoms with E-state index in [-0.39, 0.29) is 13.2 Å². The number of hydrogen-bond acceptors (Lipinski definition) is 4. The molecule has 0 heterocycles. The molecule has 0 saturated carbocycles. The lowest BCUT2D eigenvalue weighted by Gasteiger charge is -2.09. The summed E-state index contributed by atoms with van der Waals surface area (Å²) in [5.41, 5.74) is 0.855. The molecule has 2 amide bonds. The van der Waals surface area contributed by atoms with Gasteiger partial charge in [-0.25, -0.2) is 9.86 Å². The van der Waals surface area contributed by atoms with Gasteiger partial charge >= 0.3 is 6.09 Å². The van der Waals surface area contributed by atoms with Crippen molar-refractivity contribution < 1.29 is 19.5 Å². The zero-order valence-corrected chi connectivity index (χ0v) is 9.42. The minimum Gasteiger partial charge on any atom is -0.445 e. The predicted molar refractivity (Wildman–Crippen MR) is 59.2 cm³/mol. The minimum absolute atomic E-state index is 0.135. The van der Waals surface area contributed by atoms with Gasteiger partial charge in [0, 0.05) is 7.05 Å². The van der Waals surface area contributed by atoms with Crippen LogP contribution in [0, 0.1) is 0 Å². The number of nitrogens with one attached hydrogen (secondary N) is 1. The summed E-state index contributed by atoms with van der Waals surface area (Å²) in [5, 5.41) is 11.4. The lowest BCUT2D eigenvalue weighted by molar-refractivity contribution is -0.158. The monoisotopic (exact) mass is 238 g/mol. The van der Waals surface area contributed by atoms with Gasteiger partial charge in [-0.15, -0.1) is 0 Å². The van der Waals surface area contributed by atoms with Gasteiger partial charge in [0.2, 0.25) is 0 Å². The van der Waals surface area contributed by atoms with Crippen molar-refractivity contribution >= 4 is 12.0 Å². The van der Waals surface area contributed by atoms with E-state index >= 15 is 0 Å². The van der Waals surface area contributed by atoms with Crippen molar-refractivity contribution in [3.05, 3.63) is 35.9 Å². The van der Waals surface area contributed by atoms with Crippen molar-refractivity contribution in [3.63, 3.8) is 0 Å². The number of carbonyl (C=O) groups is 2. The molecule has 0 bridgehead atoms. The Labute approximate surface area is 98.8 Å². The quantitative estimate of drug-likeness (QED) is 0.599. The van der Waals surface area contributed by atoms with E-state index in [1.807, 2.05) is 30.3 Å². The van der Waals surface area contributed by atoms with E-state index in [0.29, 0.717) is 5.06 Å². The minimum atomic E-state index is -0.705. The van der Waals surface area contributed by atoms with Gasteiger partial charge in [-0.05, 0) is 5.56 Å². The second-order valence-corrected chi connectivity index (χ2v) is 3.33. The largest absolute Gasteiger partial charge is 0.445 e. The van der Waals surface area contributed by atoms with Crippen LogP contribution in [0.25, 0.3) is 0 Å². The highest BCUT2D eigenvalue weighted by atomic mass is 16.5. The molecule has 0 aliphatic carbocycles. The molecule has 0 spiro atoms. The smallest absolute Gasteiger partial charge is 0.407 e. The summed E-state index contributed by atoms with van der Waals surface area (Å²) in [6, 6.07) is 9.17. The number of hydroxylamine groups is 2. The highest BCUT2D eigenvalue weighted by Crippen LogP contribution is 2.00. The fourth-order valence-corrected chi connectivity index (χ4v) is 1.04. The summed E-state index contributed by atoms with van der Waals surface area (Å²) >= 11 is 0. The van der Waals surface area contributed by atoms with Crippen molar-refractivity contribution in [1.82, 2.24) is 10.4 Å². The Morgan fingerprint density at radius 3 is 2.59 bits per heavy atom. The van der Waals surface area contributed by atoms with Gasteiger partial charge < -0.3 is 10.1 Å². The van der Waals surface area contributed by atoms with Crippen LogP contribution < -0.4 is 5.32 Å². The van der Waals surface area contributed by atoms with E-state index in [9.17, 15) is 9.59 Å². The number of rotatable bonds is 4. The predicted octanol–water partition coefficient (Wildman–Crippen LogP) is 0.760. The van der Waals surface area contributed by atoms with Crippen molar-refractivity contribution in [2.24, 2.45) is 0 Å². The Bertz CT molecular complexity index is 378. The molecule has 1 aromatic carbocycles. The van der Waals surface area contributed by atoms with Gasteiger partial charge in [0.15, 0.2) is 0 Å². The molecule has 0 aromatic heterocycles. The van der Waals surface area contributed by atoms with Crippen LogP contribution in [-0.2, 0) is 16.1 Å². The summed E-state index contributed by atoms with van der Waals surface area (Å²) < 4.78 is 4.86. The molecule has 0 saturated heterocycles. The Morgan fingerprint density at radius 2 is 2.00 bits per heavy atom. The van der Waals surface area contributed by atoms with Gasteiger partial charge in [0.05, 0.1) is 0 Å². The molecule has 1 rings (SSSR count). The van der Waals surface area contributed by atoms with Crippen LogP contribution in [0.1, 0.15) is 5.56 Å². The fourth-order valence-electron chi connectivity index (χ4n) is 1.04. The number of carbonyl (C=O) groups excluding carboxylic acids is 2. The van der Waals surface area contributed by atoms with Gasteiger partial charge in [-0.1, -0.05) is 30.3 Å². The lowest BCUT2D eigenvalue weighted by atomic mass is 10.2. The Hall–Kier alpha value is -2.08. The molecule has 0 aliphatic heterocycles. The van der Waals surface area contributed by atoms with Crippen LogP contribution in [0.15, 0.2) is 30.3 Å². The number of nitrogens with zero attached hydrogens (tertiary/aromatic N) is 1. The second kappa shape index (κ2) is 6.49. The van der Waals surface area contributed by atoms with Crippen molar-refractivity contribution in [3.8, 4) is 0 Å². The zero-order valence-electron chi connectivity index (χ0n) is 9.42. The molecule has 0 atom stereocenters. The van der Waals surface area contributed by atoms with Crippen LogP contribution in [-0.4, -0.2) is 35.9 Å². The summed E-state index contributed by atoms with van der Waals surface area (Å²) in [6.45, 7) is -0.170. The first-order valence-corrected chi connectivity index (χ1v) is 4.99. The molecule has 2 N–H and O–H groups in total. The van der Waals surface area contributed by atoms with Crippen molar-refractivity contribution in [1.29, 1.82) is 0 Å². The van der Waals surface area contributed by atoms with Gasteiger partial charge in [0.25, 0.3) is 5.91 Å². The summed E-state index contributed by atoms with van der Waals surface area (Å²) in [5.74, 6) is -0.623. The van der Waals surface area contributed by atoms with E-state index in [2.05, 4.69) is 5.32 Å². The van der Waals surface area contributed by atoms with Gasteiger partial charge in [0.1, 0.15) is 13.2 Å². The second-order valence-electron chi connectivity index (χ2n) is 3.33. The standard InChI is InChI=1S/C11H14N2O4/c1-13(16)10(14)7-12-11(15)17-8-9-5-3-2-4-6-9/h2-6,16H,7-8H2,1H3,(H,12,15). The van der Waals surface area contributed by atoms with Crippen LogP contribution in [0.4, 0.5) is 4.79 Å². The molecular weight excluding hydrogens is 224 g/mol. The molecule has 0 aliphatic rings. The topological polar surface area (TPSA) is 78.9 Å². The van der Waals surface area contributed by atoms with E-state index < -0.39 is 12.0 Å². The maximum atomic E-state index is 11.2. The van der Waals surface area contributed by atoms with E-state index in [4.69, 9.17) is 9.94 Å². The maximum Gasteiger partial charge on any atom is 0.407 e. The molecule has 0 fully saturated rings. The molecule has 0 unspecified atom stereocenters. The van der Waals surface area contributed by atoms with Crippen LogP contribution in [0.2, 0.25) is 0 Å². The first-order chi connectivity index (χ1) is 8.09. The number of alkyl carbamates (subject to hydrolysis) is 1.